The van der Waals surface area contributed by atoms with Crippen LogP contribution in [0.15, 0.2) is 59.9 Å². The van der Waals surface area contributed by atoms with Gasteiger partial charge in [0.1, 0.15) is 0 Å². The molecular formula is C19H11ClF3N3OS. The fourth-order valence-corrected chi connectivity index (χ4v) is 3.81. The van der Waals surface area contributed by atoms with Crippen molar-refractivity contribution in [3.63, 3.8) is 0 Å². The van der Waals surface area contributed by atoms with Crippen molar-refractivity contribution in [2.75, 3.05) is 5.75 Å². The molecule has 4 aromatic rings. The van der Waals surface area contributed by atoms with Gasteiger partial charge in [-0.25, -0.2) is 0 Å². The smallest absolute Gasteiger partial charge is 0.293 e. The van der Waals surface area contributed by atoms with Gasteiger partial charge in [0, 0.05) is 11.8 Å². The molecule has 0 radical (unpaired) electrons. The van der Waals surface area contributed by atoms with Gasteiger partial charge in [0.15, 0.2) is 16.6 Å². The van der Waals surface area contributed by atoms with Gasteiger partial charge >= 0.3 is 6.18 Å². The van der Waals surface area contributed by atoms with E-state index in [0.717, 1.165) is 39.2 Å². The molecule has 4 rings (SSSR count). The van der Waals surface area contributed by atoms with Crippen molar-refractivity contribution >= 4 is 45.6 Å². The van der Waals surface area contributed by atoms with Crippen LogP contribution >= 0.6 is 23.4 Å². The van der Waals surface area contributed by atoms with Crippen LogP contribution in [0, 0.1) is 0 Å². The van der Waals surface area contributed by atoms with Gasteiger partial charge in [-0.05, 0) is 22.9 Å². The Morgan fingerprint density at radius 3 is 2.57 bits per heavy atom. The average molecular weight is 422 g/mol. The van der Waals surface area contributed by atoms with E-state index in [1.54, 1.807) is 12.1 Å². The highest BCUT2D eigenvalue weighted by Gasteiger charge is 2.32. The number of fused-ring (bicyclic) bond motifs is 2. The summed E-state index contributed by atoms with van der Waals surface area (Å²) in [6.07, 6.45) is -3.67. The van der Waals surface area contributed by atoms with Gasteiger partial charge in [0.05, 0.1) is 16.3 Å². The van der Waals surface area contributed by atoms with Crippen LogP contribution in [0.2, 0.25) is 5.02 Å². The van der Waals surface area contributed by atoms with Crippen molar-refractivity contribution < 1.29 is 18.0 Å². The molecule has 0 aliphatic carbocycles. The summed E-state index contributed by atoms with van der Waals surface area (Å²) < 4.78 is 40.2. The van der Waals surface area contributed by atoms with E-state index in [0.29, 0.717) is 5.56 Å². The second kappa shape index (κ2) is 7.10. The Morgan fingerprint density at radius 2 is 1.82 bits per heavy atom. The minimum atomic E-state index is -4.55. The standard InChI is InChI=1S/C19H11ClF3N3OS/c20-15-8-14(19(21,22)23)9-26-17(15)24-25-18(26)28-10-16(27)13-6-5-11-3-1-2-4-12(11)7-13/h1-9H,10H2. The number of alkyl halides is 3. The number of halogens is 4. The third kappa shape index (κ3) is 3.57. The van der Waals surface area contributed by atoms with E-state index in [-0.39, 0.29) is 27.4 Å². The lowest BCUT2D eigenvalue weighted by atomic mass is 10.1. The molecule has 0 atom stereocenters. The van der Waals surface area contributed by atoms with Gasteiger partial charge in [-0.1, -0.05) is 59.8 Å². The van der Waals surface area contributed by atoms with Crippen LogP contribution in [0.4, 0.5) is 13.2 Å². The molecule has 2 aromatic heterocycles. The van der Waals surface area contributed by atoms with Crippen LogP contribution in [0.3, 0.4) is 0 Å². The summed E-state index contributed by atoms with van der Waals surface area (Å²) in [4.78, 5) is 12.5. The Kier molecular flexibility index (Phi) is 4.76. The van der Waals surface area contributed by atoms with Gasteiger partial charge < -0.3 is 0 Å². The predicted octanol–water partition coefficient (Wildman–Crippen LogP) is 5.53. The first-order valence-electron chi connectivity index (χ1n) is 8.09. The molecule has 0 saturated carbocycles. The van der Waals surface area contributed by atoms with E-state index >= 15 is 0 Å². The Bertz CT molecular complexity index is 1210. The number of thioether (sulfide) groups is 1. The number of aromatic nitrogens is 3. The van der Waals surface area contributed by atoms with Crippen molar-refractivity contribution in [3.05, 3.63) is 70.9 Å². The molecule has 0 bridgehead atoms. The summed E-state index contributed by atoms with van der Waals surface area (Å²) in [5.74, 6) is -0.155. The first kappa shape index (κ1) is 18.8. The molecule has 28 heavy (non-hydrogen) atoms. The average Bonchev–Trinajstić information content (AvgIpc) is 3.08. The maximum Gasteiger partial charge on any atom is 0.417 e. The molecule has 0 unspecified atom stereocenters. The van der Waals surface area contributed by atoms with Crippen LogP contribution in [-0.2, 0) is 6.18 Å². The van der Waals surface area contributed by atoms with Gasteiger partial charge in [0.25, 0.3) is 0 Å². The Morgan fingerprint density at radius 1 is 1.07 bits per heavy atom. The lowest BCUT2D eigenvalue weighted by Gasteiger charge is -2.08. The van der Waals surface area contributed by atoms with E-state index in [2.05, 4.69) is 10.2 Å². The van der Waals surface area contributed by atoms with Crippen LogP contribution in [-0.4, -0.2) is 26.1 Å². The van der Waals surface area contributed by atoms with Crippen LogP contribution in [0.25, 0.3) is 16.4 Å². The van der Waals surface area contributed by atoms with E-state index in [9.17, 15) is 18.0 Å². The zero-order valence-corrected chi connectivity index (χ0v) is 15.6. The monoisotopic (exact) mass is 421 g/mol. The molecule has 0 N–H and O–H groups in total. The summed E-state index contributed by atoms with van der Waals surface area (Å²) >= 11 is 6.90. The van der Waals surface area contributed by atoms with E-state index in [4.69, 9.17) is 11.6 Å². The maximum atomic E-state index is 13.0. The molecular weight excluding hydrogens is 411 g/mol. The minimum Gasteiger partial charge on any atom is -0.293 e. The third-order valence-electron chi connectivity index (χ3n) is 4.16. The number of carbonyl (C=O) groups is 1. The second-order valence-corrected chi connectivity index (χ2v) is 7.37. The van der Waals surface area contributed by atoms with Crippen molar-refractivity contribution in [2.45, 2.75) is 11.3 Å². The Balaban J connectivity index is 1.59. The number of pyridine rings is 1. The van der Waals surface area contributed by atoms with Crippen molar-refractivity contribution in [1.29, 1.82) is 0 Å². The van der Waals surface area contributed by atoms with Crippen LogP contribution < -0.4 is 0 Å². The zero-order valence-electron chi connectivity index (χ0n) is 14.1. The zero-order chi connectivity index (χ0) is 19.9. The highest BCUT2D eigenvalue weighted by atomic mass is 35.5. The number of benzene rings is 2. The molecule has 0 aliphatic heterocycles. The SMILES string of the molecule is O=C(CSc1nnc2c(Cl)cc(C(F)(F)F)cn12)c1ccc2ccccc2c1. The van der Waals surface area contributed by atoms with Gasteiger partial charge in [0.2, 0.25) is 0 Å². The number of carbonyl (C=O) groups excluding carboxylic acids is 1. The van der Waals surface area contributed by atoms with Crippen molar-refractivity contribution in [3.8, 4) is 0 Å². The van der Waals surface area contributed by atoms with Crippen molar-refractivity contribution in [2.24, 2.45) is 0 Å². The predicted molar refractivity (Wildman–Crippen MR) is 102 cm³/mol. The van der Waals surface area contributed by atoms with Gasteiger partial charge in [-0.2, -0.15) is 13.2 Å². The number of hydrogen-bond donors (Lipinski definition) is 0. The number of hydrogen-bond acceptors (Lipinski definition) is 4. The molecule has 9 heteroatoms. The Labute approximate surface area is 166 Å². The van der Waals surface area contributed by atoms with E-state index in [1.165, 1.54) is 0 Å². The van der Waals surface area contributed by atoms with Gasteiger partial charge in [-0.15, -0.1) is 10.2 Å². The lowest BCUT2D eigenvalue weighted by molar-refractivity contribution is -0.137. The van der Waals surface area contributed by atoms with Crippen LogP contribution in [0.1, 0.15) is 15.9 Å². The number of nitrogens with zero attached hydrogens (tertiary/aromatic N) is 3. The second-order valence-electron chi connectivity index (χ2n) is 6.02. The summed E-state index contributed by atoms with van der Waals surface area (Å²) in [6, 6.07) is 13.8. The fourth-order valence-electron chi connectivity index (χ4n) is 2.76. The molecule has 0 fully saturated rings. The largest absolute Gasteiger partial charge is 0.417 e. The highest BCUT2D eigenvalue weighted by Crippen LogP contribution is 2.33. The quantitative estimate of drug-likeness (QED) is 0.321. The normalized spacial score (nSPS) is 12.0. The first-order valence-corrected chi connectivity index (χ1v) is 9.45. The maximum absolute atomic E-state index is 13.0. The highest BCUT2D eigenvalue weighted by molar-refractivity contribution is 7.99. The molecule has 142 valence electrons. The van der Waals surface area contributed by atoms with Crippen molar-refractivity contribution in [1.82, 2.24) is 14.6 Å². The fraction of sp³-hybridized carbons (Fsp3) is 0.105. The van der Waals surface area contributed by atoms with Crippen LogP contribution in [0.5, 0.6) is 0 Å². The Hall–Kier alpha value is -2.58. The van der Waals surface area contributed by atoms with E-state index < -0.39 is 11.7 Å². The molecule has 2 heterocycles. The third-order valence-corrected chi connectivity index (χ3v) is 5.38. The summed E-state index contributed by atoms with van der Waals surface area (Å²) in [5.41, 5.74) is -0.281. The molecule has 0 amide bonds. The van der Waals surface area contributed by atoms with Gasteiger partial charge in [-0.3, -0.25) is 9.20 Å². The molecule has 0 saturated heterocycles. The summed E-state index contributed by atoms with van der Waals surface area (Å²) in [7, 11) is 0. The first-order chi connectivity index (χ1) is 13.3. The molecule has 2 aromatic carbocycles. The summed E-state index contributed by atoms with van der Waals surface area (Å²) in [6.45, 7) is 0. The number of rotatable bonds is 4. The number of Topliss-reactive ketones (excluding diaryl/α,β-unsaturated/α-hetero) is 1. The van der Waals surface area contributed by atoms with E-state index in [1.807, 2.05) is 30.3 Å². The topological polar surface area (TPSA) is 47.3 Å². The summed E-state index contributed by atoms with van der Waals surface area (Å²) in [5, 5.41) is 9.64. The number of ketones is 1. The minimum absolute atomic E-state index is 0.00694. The molecule has 0 aliphatic rings. The molecule has 0 spiro atoms. The lowest BCUT2D eigenvalue weighted by Crippen LogP contribution is -2.07. The molecule has 4 nitrogen and oxygen atoms in total.